The first-order chi connectivity index (χ1) is 13.2. The Hall–Kier alpha value is -2.41. The topological polar surface area (TPSA) is 78.5 Å². The number of aromatic amines is 1. The molecule has 2 saturated heterocycles. The van der Waals surface area contributed by atoms with Crippen molar-refractivity contribution in [2.24, 2.45) is 5.41 Å². The number of aryl methyl sites for hydroxylation is 1. The summed E-state index contributed by atoms with van der Waals surface area (Å²) in [6, 6.07) is 3.89. The molecule has 150 valence electrons. The summed E-state index contributed by atoms with van der Waals surface area (Å²) in [7, 11) is 0. The fourth-order valence-electron chi connectivity index (χ4n) is 4.21. The highest BCUT2D eigenvalue weighted by atomic mass is 16.6. The molecule has 0 radical (unpaired) electrons. The van der Waals surface area contributed by atoms with E-state index in [2.05, 4.69) is 14.9 Å². The first kappa shape index (κ1) is 18.9. The summed E-state index contributed by atoms with van der Waals surface area (Å²) in [4.78, 5) is 35.7. The zero-order valence-corrected chi connectivity index (χ0v) is 17.0. The van der Waals surface area contributed by atoms with E-state index >= 15 is 0 Å². The molecule has 4 heterocycles. The van der Waals surface area contributed by atoms with Crippen LogP contribution in [-0.4, -0.2) is 57.6 Å². The number of nitrogens with zero attached hydrogens (tertiary/aromatic N) is 3. The van der Waals surface area contributed by atoms with Crippen molar-refractivity contribution in [1.29, 1.82) is 0 Å². The van der Waals surface area contributed by atoms with Crippen LogP contribution in [-0.2, 0) is 17.7 Å². The van der Waals surface area contributed by atoms with Crippen molar-refractivity contribution >= 4 is 17.1 Å². The molecule has 0 saturated carbocycles. The Bertz CT molecular complexity index is 962. The minimum Gasteiger partial charge on any atom is -0.444 e. The number of likely N-dealkylation sites (tertiary alicyclic amines) is 2. The van der Waals surface area contributed by atoms with Crippen molar-refractivity contribution in [3.63, 3.8) is 0 Å². The molecule has 1 spiro atoms. The van der Waals surface area contributed by atoms with Gasteiger partial charge in [0, 0.05) is 49.9 Å². The average molecular weight is 384 g/mol. The van der Waals surface area contributed by atoms with Crippen LogP contribution in [0, 0.1) is 5.41 Å². The lowest BCUT2D eigenvalue weighted by Gasteiger charge is -2.60. The second-order valence-electron chi connectivity index (χ2n) is 9.24. The van der Waals surface area contributed by atoms with Gasteiger partial charge in [0.05, 0.1) is 11.0 Å². The first-order valence-electron chi connectivity index (χ1n) is 9.87. The first-order valence-corrected chi connectivity index (χ1v) is 9.87. The Morgan fingerprint density at radius 1 is 1.25 bits per heavy atom. The van der Waals surface area contributed by atoms with E-state index in [4.69, 9.17) is 4.74 Å². The molecule has 7 nitrogen and oxygen atoms in total. The van der Waals surface area contributed by atoms with Crippen LogP contribution in [0.3, 0.4) is 0 Å². The van der Waals surface area contributed by atoms with E-state index in [1.54, 1.807) is 4.90 Å². The lowest BCUT2D eigenvalue weighted by Crippen LogP contribution is -2.72. The molecule has 7 heteroatoms. The summed E-state index contributed by atoms with van der Waals surface area (Å²) in [5, 5.41) is 0. The van der Waals surface area contributed by atoms with Gasteiger partial charge in [-0.1, -0.05) is 6.92 Å². The number of hydrogen-bond donors (Lipinski definition) is 1. The lowest BCUT2D eigenvalue weighted by atomic mass is 9.73. The molecule has 0 aliphatic carbocycles. The van der Waals surface area contributed by atoms with E-state index in [0.29, 0.717) is 6.42 Å². The largest absolute Gasteiger partial charge is 0.444 e. The van der Waals surface area contributed by atoms with Gasteiger partial charge >= 0.3 is 6.09 Å². The number of hydrogen-bond acceptors (Lipinski definition) is 5. The molecule has 1 N–H and O–H groups in total. The fourth-order valence-corrected chi connectivity index (χ4v) is 4.21. The van der Waals surface area contributed by atoms with Crippen LogP contribution < -0.4 is 5.56 Å². The fraction of sp³-hybridized carbons (Fsp3) is 0.571. The van der Waals surface area contributed by atoms with Gasteiger partial charge in [-0.3, -0.25) is 14.7 Å². The van der Waals surface area contributed by atoms with Crippen LogP contribution in [0.15, 0.2) is 23.1 Å². The highest BCUT2D eigenvalue weighted by molar-refractivity contribution is 5.74. The van der Waals surface area contributed by atoms with Crippen LogP contribution in [0.1, 0.15) is 38.8 Å². The smallest absolute Gasteiger partial charge is 0.410 e. The maximum Gasteiger partial charge on any atom is 0.410 e. The molecule has 2 aromatic rings. The summed E-state index contributed by atoms with van der Waals surface area (Å²) in [6.45, 7) is 11.9. The van der Waals surface area contributed by atoms with Gasteiger partial charge < -0.3 is 14.6 Å². The quantitative estimate of drug-likeness (QED) is 0.880. The zero-order valence-electron chi connectivity index (χ0n) is 17.0. The summed E-state index contributed by atoms with van der Waals surface area (Å²) >= 11 is 0. The van der Waals surface area contributed by atoms with Crippen molar-refractivity contribution in [3.8, 4) is 0 Å². The van der Waals surface area contributed by atoms with Gasteiger partial charge in [-0.15, -0.1) is 0 Å². The minimum atomic E-state index is -0.451. The van der Waals surface area contributed by atoms with Gasteiger partial charge in [-0.2, -0.15) is 0 Å². The predicted octanol–water partition coefficient (Wildman–Crippen LogP) is 2.54. The monoisotopic (exact) mass is 384 g/mol. The van der Waals surface area contributed by atoms with Crippen LogP contribution >= 0.6 is 0 Å². The summed E-state index contributed by atoms with van der Waals surface area (Å²) in [6.07, 6.45) is 2.37. The molecule has 2 aliphatic heterocycles. The standard InChI is InChI=1S/C21H28N4O3/c1-5-15-7-16-17(23-18(15)26)6-14(8-22-16)9-24-10-21(11-24)12-25(13-21)19(27)28-20(2,3)4/h6-8H,5,9-13H2,1-4H3,(H,23,26). The molecule has 0 atom stereocenters. The Morgan fingerprint density at radius 3 is 2.61 bits per heavy atom. The third-order valence-electron chi connectivity index (χ3n) is 5.44. The van der Waals surface area contributed by atoms with Crippen LogP contribution in [0.5, 0.6) is 0 Å². The second-order valence-corrected chi connectivity index (χ2v) is 9.24. The van der Waals surface area contributed by atoms with Gasteiger partial charge in [0.25, 0.3) is 5.56 Å². The van der Waals surface area contributed by atoms with Crippen LogP contribution in [0.4, 0.5) is 4.79 Å². The molecule has 0 bridgehead atoms. The van der Waals surface area contributed by atoms with E-state index in [-0.39, 0.29) is 17.1 Å². The lowest BCUT2D eigenvalue weighted by molar-refractivity contribution is -0.115. The molecule has 4 rings (SSSR count). The van der Waals surface area contributed by atoms with Gasteiger partial charge in [0.2, 0.25) is 0 Å². The summed E-state index contributed by atoms with van der Waals surface area (Å²) < 4.78 is 5.43. The van der Waals surface area contributed by atoms with Gasteiger partial charge in [0.15, 0.2) is 0 Å². The minimum absolute atomic E-state index is 0.0337. The SMILES string of the molecule is CCc1cc2ncc(CN3CC4(C3)CN(C(=O)OC(C)(C)C)C4)cc2[nH]c1=O. The molecule has 1 amide bonds. The number of amides is 1. The van der Waals surface area contributed by atoms with E-state index in [1.807, 2.05) is 46.0 Å². The number of nitrogens with one attached hydrogen (secondary N) is 1. The molecule has 2 aromatic heterocycles. The van der Waals surface area contributed by atoms with Gasteiger partial charge in [-0.25, -0.2) is 4.79 Å². The van der Waals surface area contributed by atoms with E-state index in [0.717, 1.165) is 54.9 Å². The Balaban J connectivity index is 1.33. The van der Waals surface area contributed by atoms with Crippen molar-refractivity contribution in [1.82, 2.24) is 19.8 Å². The second kappa shape index (κ2) is 6.58. The average Bonchev–Trinajstić information content (AvgIpc) is 2.53. The maximum absolute atomic E-state index is 12.1. The highest BCUT2D eigenvalue weighted by Gasteiger charge is 2.53. The summed E-state index contributed by atoms with van der Waals surface area (Å²) in [5.41, 5.74) is 3.19. The number of aromatic nitrogens is 2. The molecule has 2 aliphatic rings. The Kier molecular flexibility index (Phi) is 4.45. The number of fused-ring (bicyclic) bond motifs is 1. The van der Waals surface area contributed by atoms with Crippen molar-refractivity contribution in [3.05, 3.63) is 39.8 Å². The maximum atomic E-state index is 12.1. The number of carbonyl (C=O) groups is 1. The predicted molar refractivity (Wildman–Crippen MR) is 107 cm³/mol. The third kappa shape index (κ3) is 3.63. The zero-order chi connectivity index (χ0) is 20.1. The molecule has 0 aromatic carbocycles. The molecule has 0 unspecified atom stereocenters. The number of rotatable bonds is 3. The number of ether oxygens (including phenoxy) is 1. The third-order valence-corrected chi connectivity index (χ3v) is 5.44. The van der Waals surface area contributed by atoms with Crippen molar-refractivity contribution in [2.45, 2.75) is 46.3 Å². The summed E-state index contributed by atoms with van der Waals surface area (Å²) in [5.74, 6) is 0. The number of pyridine rings is 2. The van der Waals surface area contributed by atoms with Gasteiger partial charge in [-0.05, 0) is 44.9 Å². The molecular weight excluding hydrogens is 356 g/mol. The van der Waals surface area contributed by atoms with E-state index < -0.39 is 5.60 Å². The van der Waals surface area contributed by atoms with Crippen LogP contribution in [0.2, 0.25) is 0 Å². The van der Waals surface area contributed by atoms with Crippen molar-refractivity contribution in [2.75, 3.05) is 26.2 Å². The highest BCUT2D eigenvalue weighted by Crippen LogP contribution is 2.40. The number of carbonyl (C=O) groups excluding carboxylic acids is 1. The van der Waals surface area contributed by atoms with Crippen LogP contribution in [0.25, 0.3) is 11.0 Å². The van der Waals surface area contributed by atoms with Gasteiger partial charge in [0.1, 0.15) is 5.60 Å². The number of H-pyrrole nitrogens is 1. The molecular formula is C21H28N4O3. The molecule has 2 fully saturated rings. The Morgan fingerprint density at radius 2 is 1.96 bits per heavy atom. The van der Waals surface area contributed by atoms with E-state index in [9.17, 15) is 9.59 Å². The molecule has 28 heavy (non-hydrogen) atoms. The van der Waals surface area contributed by atoms with Crippen molar-refractivity contribution < 1.29 is 9.53 Å². The Labute approximate surface area is 164 Å². The van der Waals surface area contributed by atoms with E-state index in [1.165, 1.54) is 0 Å². The normalized spacial score (nSPS) is 18.8.